The summed E-state index contributed by atoms with van der Waals surface area (Å²) in [6, 6.07) is 11.3. The van der Waals surface area contributed by atoms with Gasteiger partial charge < -0.3 is 15.1 Å². The molecule has 1 aromatic heterocycles. The summed E-state index contributed by atoms with van der Waals surface area (Å²) in [5.74, 6) is -0.587. The number of rotatable bonds is 3. The number of aryl methyl sites for hydroxylation is 2. The fraction of sp³-hybridized carbons (Fsp3) is 0.273. The number of primary amides is 1. The second-order valence-electron chi connectivity index (χ2n) is 7.23. The quantitative estimate of drug-likeness (QED) is 0.778. The third-order valence-electron chi connectivity index (χ3n) is 5.58. The van der Waals surface area contributed by atoms with Crippen LogP contribution in [0.2, 0.25) is 0 Å². The van der Waals surface area contributed by atoms with Crippen LogP contribution in [0.4, 0.5) is 0 Å². The van der Waals surface area contributed by atoms with E-state index in [1.807, 2.05) is 50.2 Å². The van der Waals surface area contributed by atoms with E-state index in [9.17, 15) is 9.59 Å². The highest BCUT2D eigenvalue weighted by molar-refractivity contribution is 5.92. The van der Waals surface area contributed by atoms with Gasteiger partial charge in [0.15, 0.2) is 0 Å². The summed E-state index contributed by atoms with van der Waals surface area (Å²) < 4.78 is 5.72. The van der Waals surface area contributed by atoms with E-state index in [-0.39, 0.29) is 12.3 Å². The van der Waals surface area contributed by atoms with Crippen LogP contribution in [0.15, 0.2) is 47.1 Å². The second-order valence-corrected chi connectivity index (χ2v) is 7.23. The number of amides is 2. The third kappa shape index (κ3) is 2.99. The number of benzene rings is 2. The van der Waals surface area contributed by atoms with Gasteiger partial charge in [0.2, 0.25) is 11.8 Å². The molecule has 0 saturated heterocycles. The van der Waals surface area contributed by atoms with Crippen LogP contribution in [-0.2, 0) is 29.0 Å². The highest BCUT2D eigenvalue weighted by Gasteiger charge is 2.33. The molecule has 5 heteroatoms. The standard InChI is InChI=1S/C22H22N2O3/c1-13-7-8-18-17(12-27-21(18)14(13)2)10-20(25)24-11-16-6-4-3-5-15(16)9-19(24)22(23)26/h3-8,12,19H,9-11H2,1-2H3,(H2,23,26). The Morgan fingerprint density at radius 2 is 1.89 bits per heavy atom. The highest BCUT2D eigenvalue weighted by Crippen LogP contribution is 2.29. The largest absolute Gasteiger partial charge is 0.464 e. The number of hydrogen-bond donors (Lipinski definition) is 1. The van der Waals surface area contributed by atoms with Crippen LogP contribution < -0.4 is 5.73 Å². The molecule has 5 nitrogen and oxygen atoms in total. The van der Waals surface area contributed by atoms with Crippen molar-refractivity contribution in [1.29, 1.82) is 0 Å². The Hall–Kier alpha value is -3.08. The Kier molecular flexibility index (Phi) is 4.22. The molecule has 27 heavy (non-hydrogen) atoms. The van der Waals surface area contributed by atoms with Gasteiger partial charge in [-0.25, -0.2) is 0 Å². The van der Waals surface area contributed by atoms with E-state index in [4.69, 9.17) is 10.2 Å². The Balaban J connectivity index is 1.64. The topological polar surface area (TPSA) is 76.5 Å². The second kappa shape index (κ2) is 6.58. The van der Waals surface area contributed by atoms with Crippen molar-refractivity contribution < 1.29 is 14.0 Å². The van der Waals surface area contributed by atoms with Crippen LogP contribution in [0.25, 0.3) is 11.0 Å². The van der Waals surface area contributed by atoms with Gasteiger partial charge in [0.1, 0.15) is 11.6 Å². The molecule has 0 fully saturated rings. The van der Waals surface area contributed by atoms with Crippen molar-refractivity contribution in [2.75, 3.05) is 0 Å². The molecule has 1 unspecified atom stereocenters. The van der Waals surface area contributed by atoms with E-state index in [2.05, 4.69) is 0 Å². The van der Waals surface area contributed by atoms with Gasteiger partial charge in [0, 0.05) is 23.9 Å². The average Bonchev–Trinajstić information content (AvgIpc) is 3.07. The summed E-state index contributed by atoms with van der Waals surface area (Å²) in [5.41, 5.74) is 11.6. The molecule has 138 valence electrons. The lowest BCUT2D eigenvalue weighted by Crippen LogP contribution is -2.51. The first-order valence-corrected chi connectivity index (χ1v) is 9.07. The van der Waals surface area contributed by atoms with Crippen molar-refractivity contribution in [3.8, 4) is 0 Å². The summed E-state index contributed by atoms with van der Waals surface area (Å²) >= 11 is 0. The van der Waals surface area contributed by atoms with Gasteiger partial charge >= 0.3 is 0 Å². The van der Waals surface area contributed by atoms with Gasteiger partial charge in [0.25, 0.3) is 0 Å². The first kappa shape index (κ1) is 17.3. The summed E-state index contributed by atoms with van der Waals surface area (Å²) in [6.07, 6.45) is 2.29. The predicted octanol–water partition coefficient (Wildman–Crippen LogP) is 3.03. The fourth-order valence-corrected chi connectivity index (χ4v) is 3.83. The number of carbonyl (C=O) groups is 2. The number of nitrogens with zero attached hydrogens (tertiary/aromatic N) is 1. The van der Waals surface area contributed by atoms with E-state index in [0.29, 0.717) is 13.0 Å². The van der Waals surface area contributed by atoms with Gasteiger partial charge in [-0.2, -0.15) is 0 Å². The number of fused-ring (bicyclic) bond motifs is 2. The number of carbonyl (C=O) groups excluding carboxylic acids is 2. The van der Waals surface area contributed by atoms with E-state index >= 15 is 0 Å². The minimum Gasteiger partial charge on any atom is -0.464 e. The molecule has 3 aromatic rings. The predicted molar refractivity (Wildman–Crippen MR) is 103 cm³/mol. The number of nitrogens with two attached hydrogens (primary N) is 1. The lowest BCUT2D eigenvalue weighted by Gasteiger charge is -2.35. The Morgan fingerprint density at radius 3 is 2.63 bits per heavy atom. The van der Waals surface area contributed by atoms with Crippen molar-refractivity contribution in [1.82, 2.24) is 4.90 Å². The SMILES string of the molecule is Cc1ccc2c(CC(=O)N3Cc4ccccc4CC3C(N)=O)coc2c1C. The Morgan fingerprint density at radius 1 is 1.15 bits per heavy atom. The van der Waals surface area contributed by atoms with Crippen molar-refractivity contribution in [3.05, 3.63) is 70.5 Å². The molecule has 1 aliphatic heterocycles. The van der Waals surface area contributed by atoms with Gasteiger partial charge in [-0.1, -0.05) is 36.4 Å². The van der Waals surface area contributed by atoms with Crippen LogP contribution in [0.1, 0.15) is 27.8 Å². The maximum Gasteiger partial charge on any atom is 0.240 e. The molecule has 0 aliphatic carbocycles. The third-order valence-corrected chi connectivity index (χ3v) is 5.58. The maximum absolute atomic E-state index is 13.1. The van der Waals surface area contributed by atoms with Crippen molar-refractivity contribution >= 4 is 22.8 Å². The van der Waals surface area contributed by atoms with Crippen LogP contribution in [0.3, 0.4) is 0 Å². The van der Waals surface area contributed by atoms with E-state index < -0.39 is 11.9 Å². The van der Waals surface area contributed by atoms with Gasteiger partial charge in [-0.05, 0) is 36.1 Å². The molecule has 0 bridgehead atoms. The molecule has 0 spiro atoms. The normalized spacial score (nSPS) is 16.4. The Labute approximate surface area is 157 Å². The summed E-state index contributed by atoms with van der Waals surface area (Å²) in [6.45, 7) is 4.44. The maximum atomic E-state index is 13.1. The monoisotopic (exact) mass is 362 g/mol. The first-order valence-electron chi connectivity index (χ1n) is 9.07. The zero-order chi connectivity index (χ0) is 19.1. The average molecular weight is 362 g/mol. The molecular formula is C22H22N2O3. The van der Waals surface area contributed by atoms with E-state index in [1.165, 1.54) is 0 Å². The zero-order valence-corrected chi connectivity index (χ0v) is 15.5. The summed E-state index contributed by atoms with van der Waals surface area (Å²) in [5, 5.41) is 0.944. The zero-order valence-electron chi connectivity index (χ0n) is 15.5. The molecule has 2 aromatic carbocycles. The lowest BCUT2D eigenvalue weighted by atomic mass is 9.93. The van der Waals surface area contributed by atoms with Gasteiger partial charge in [0.05, 0.1) is 12.7 Å². The minimum atomic E-state index is -0.616. The van der Waals surface area contributed by atoms with E-state index in [1.54, 1.807) is 11.2 Å². The van der Waals surface area contributed by atoms with Gasteiger partial charge in [-0.15, -0.1) is 0 Å². The van der Waals surface area contributed by atoms with Crippen LogP contribution in [0.5, 0.6) is 0 Å². The number of hydrogen-bond acceptors (Lipinski definition) is 3. The van der Waals surface area contributed by atoms with Crippen molar-refractivity contribution in [2.24, 2.45) is 5.73 Å². The first-order chi connectivity index (χ1) is 13.0. The van der Waals surface area contributed by atoms with Crippen LogP contribution in [0, 0.1) is 13.8 Å². The lowest BCUT2D eigenvalue weighted by molar-refractivity contribution is -0.140. The molecule has 2 N–H and O–H groups in total. The fourth-order valence-electron chi connectivity index (χ4n) is 3.83. The van der Waals surface area contributed by atoms with Crippen molar-refractivity contribution in [3.63, 3.8) is 0 Å². The number of furan rings is 1. The molecule has 0 saturated carbocycles. The molecule has 0 radical (unpaired) electrons. The molecule has 4 rings (SSSR count). The van der Waals surface area contributed by atoms with Crippen LogP contribution in [-0.4, -0.2) is 22.8 Å². The highest BCUT2D eigenvalue weighted by atomic mass is 16.3. The molecule has 1 atom stereocenters. The summed E-state index contributed by atoms with van der Waals surface area (Å²) in [4.78, 5) is 26.6. The molecular weight excluding hydrogens is 340 g/mol. The van der Waals surface area contributed by atoms with Crippen molar-refractivity contribution in [2.45, 2.75) is 39.3 Å². The minimum absolute atomic E-state index is 0.116. The van der Waals surface area contributed by atoms with Gasteiger partial charge in [-0.3, -0.25) is 9.59 Å². The van der Waals surface area contributed by atoms with E-state index in [0.717, 1.165) is 38.8 Å². The Bertz CT molecular complexity index is 1050. The summed E-state index contributed by atoms with van der Waals surface area (Å²) in [7, 11) is 0. The smallest absolute Gasteiger partial charge is 0.240 e. The molecule has 2 amide bonds. The molecule has 1 aliphatic rings. The van der Waals surface area contributed by atoms with Crippen LogP contribution >= 0.6 is 0 Å². The molecule has 2 heterocycles.